The van der Waals surface area contributed by atoms with Gasteiger partial charge in [-0.15, -0.1) is 0 Å². The zero-order chi connectivity index (χ0) is 12.7. The highest BCUT2D eigenvalue weighted by molar-refractivity contribution is 5.32. The van der Waals surface area contributed by atoms with Crippen LogP contribution in [0, 0.1) is 0 Å². The van der Waals surface area contributed by atoms with E-state index in [0.717, 1.165) is 11.5 Å². The highest BCUT2D eigenvalue weighted by Gasteiger charge is 2.23. The third kappa shape index (κ3) is 4.27. The van der Waals surface area contributed by atoms with Gasteiger partial charge in [-0.3, -0.25) is 0 Å². The van der Waals surface area contributed by atoms with Crippen molar-refractivity contribution in [3.63, 3.8) is 0 Å². The van der Waals surface area contributed by atoms with Gasteiger partial charge in [0.1, 0.15) is 18.1 Å². The van der Waals surface area contributed by atoms with Crippen molar-refractivity contribution < 1.29 is 14.6 Å². The van der Waals surface area contributed by atoms with Crippen LogP contribution in [0.4, 0.5) is 0 Å². The van der Waals surface area contributed by atoms with Gasteiger partial charge in [0.2, 0.25) is 0 Å². The van der Waals surface area contributed by atoms with E-state index < -0.39 is 5.60 Å². The van der Waals surface area contributed by atoms with E-state index in [9.17, 15) is 5.11 Å². The SMILES string of the molecule is CCOc1cccc(OCC(O)(CC)CC)c1. The first-order chi connectivity index (χ1) is 8.13. The van der Waals surface area contributed by atoms with Gasteiger partial charge >= 0.3 is 0 Å². The van der Waals surface area contributed by atoms with E-state index in [2.05, 4.69) is 0 Å². The number of rotatable bonds is 7. The Morgan fingerprint density at radius 3 is 2.18 bits per heavy atom. The average Bonchev–Trinajstić information content (AvgIpc) is 2.37. The summed E-state index contributed by atoms with van der Waals surface area (Å²) in [7, 11) is 0. The summed E-state index contributed by atoms with van der Waals surface area (Å²) in [6.07, 6.45) is 1.38. The zero-order valence-electron chi connectivity index (χ0n) is 10.9. The molecule has 0 bridgehead atoms. The third-order valence-electron chi connectivity index (χ3n) is 2.94. The van der Waals surface area contributed by atoms with Crippen LogP contribution in [-0.4, -0.2) is 23.9 Å². The topological polar surface area (TPSA) is 38.7 Å². The van der Waals surface area contributed by atoms with Crippen LogP contribution in [0.15, 0.2) is 24.3 Å². The van der Waals surface area contributed by atoms with Gasteiger partial charge in [-0.2, -0.15) is 0 Å². The largest absolute Gasteiger partial charge is 0.494 e. The molecule has 0 aliphatic heterocycles. The molecule has 0 fully saturated rings. The summed E-state index contributed by atoms with van der Waals surface area (Å²) < 4.78 is 11.0. The second kappa shape index (κ2) is 6.50. The molecule has 0 saturated carbocycles. The van der Waals surface area contributed by atoms with Crippen LogP contribution in [-0.2, 0) is 0 Å². The van der Waals surface area contributed by atoms with E-state index in [-0.39, 0.29) is 0 Å². The molecule has 1 aromatic rings. The fourth-order valence-electron chi connectivity index (χ4n) is 1.49. The Hall–Kier alpha value is -1.22. The maximum Gasteiger partial charge on any atom is 0.123 e. The molecule has 0 aromatic heterocycles. The Bertz CT molecular complexity index is 332. The van der Waals surface area contributed by atoms with Gasteiger partial charge in [-0.05, 0) is 31.9 Å². The highest BCUT2D eigenvalue weighted by Crippen LogP contribution is 2.22. The lowest BCUT2D eigenvalue weighted by molar-refractivity contribution is -0.0114. The minimum atomic E-state index is -0.735. The maximum atomic E-state index is 10.1. The van der Waals surface area contributed by atoms with E-state index in [4.69, 9.17) is 9.47 Å². The van der Waals surface area contributed by atoms with Gasteiger partial charge in [0, 0.05) is 6.07 Å². The van der Waals surface area contributed by atoms with Crippen molar-refractivity contribution in [2.24, 2.45) is 0 Å². The molecule has 0 aliphatic carbocycles. The fraction of sp³-hybridized carbons (Fsp3) is 0.571. The summed E-state index contributed by atoms with van der Waals surface area (Å²) in [4.78, 5) is 0. The lowest BCUT2D eigenvalue weighted by atomic mass is 9.99. The summed E-state index contributed by atoms with van der Waals surface area (Å²) in [5, 5.41) is 10.1. The number of hydrogen-bond donors (Lipinski definition) is 1. The monoisotopic (exact) mass is 238 g/mol. The number of benzene rings is 1. The Balaban J connectivity index is 2.59. The minimum Gasteiger partial charge on any atom is -0.494 e. The molecule has 0 spiro atoms. The normalized spacial score (nSPS) is 11.3. The van der Waals surface area contributed by atoms with E-state index in [1.165, 1.54) is 0 Å². The van der Waals surface area contributed by atoms with Crippen molar-refractivity contribution in [3.05, 3.63) is 24.3 Å². The Morgan fingerprint density at radius 1 is 1.06 bits per heavy atom. The van der Waals surface area contributed by atoms with Crippen molar-refractivity contribution >= 4 is 0 Å². The van der Waals surface area contributed by atoms with Gasteiger partial charge in [0.15, 0.2) is 0 Å². The predicted octanol–water partition coefficient (Wildman–Crippen LogP) is 3.02. The van der Waals surface area contributed by atoms with Gasteiger partial charge in [-0.25, -0.2) is 0 Å². The van der Waals surface area contributed by atoms with Crippen LogP contribution in [0.5, 0.6) is 11.5 Å². The Labute approximate surface area is 103 Å². The lowest BCUT2D eigenvalue weighted by Gasteiger charge is -2.25. The van der Waals surface area contributed by atoms with E-state index in [0.29, 0.717) is 26.1 Å². The Kier molecular flexibility index (Phi) is 5.29. The molecule has 0 aliphatic rings. The van der Waals surface area contributed by atoms with Gasteiger partial charge in [-0.1, -0.05) is 19.9 Å². The van der Waals surface area contributed by atoms with Gasteiger partial charge in [0.25, 0.3) is 0 Å². The first-order valence-corrected chi connectivity index (χ1v) is 6.21. The lowest BCUT2D eigenvalue weighted by Crippen LogP contribution is -2.34. The first kappa shape index (κ1) is 13.8. The molecule has 0 atom stereocenters. The van der Waals surface area contributed by atoms with Crippen molar-refractivity contribution in [1.29, 1.82) is 0 Å². The molecule has 3 nitrogen and oxygen atoms in total. The van der Waals surface area contributed by atoms with Gasteiger partial charge < -0.3 is 14.6 Å². The van der Waals surface area contributed by atoms with Crippen molar-refractivity contribution in [2.45, 2.75) is 39.2 Å². The van der Waals surface area contributed by atoms with Crippen LogP contribution in [0.1, 0.15) is 33.6 Å². The summed E-state index contributed by atoms with van der Waals surface area (Å²) in [6, 6.07) is 7.49. The molecule has 1 aromatic carbocycles. The van der Waals surface area contributed by atoms with Crippen LogP contribution >= 0.6 is 0 Å². The highest BCUT2D eigenvalue weighted by atomic mass is 16.5. The average molecular weight is 238 g/mol. The molecule has 17 heavy (non-hydrogen) atoms. The van der Waals surface area contributed by atoms with E-state index >= 15 is 0 Å². The van der Waals surface area contributed by atoms with Crippen molar-refractivity contribution in [3.8, 4) is 11.5 Å². The summed E-state index contributed by atoms with van der Waals surface area (Å²) in [5.74, 6) is 1.53. The molecule has 0 unspecified atom stereocenters. The first-order valence-electron chi connectivity index (χ1n) is 6.21. The van der Waals surface area contributed by atoms with E-state index in [1.54, 1.807) is 0 Å². The van der Waals surface area contributed by atoms with Crippen molar-refractivity contribution in [2.75, 3.05) is 13.2 Å². The molecule has 1 N–H and O–H groups in total. The molecule has 1 rings (SSSR count). The van der Waals surface area contributed by atoms with Crippen LogP contribution in [0.2, 0.25) is 0 Å². The minimum absolute atomic E-state index is 0.315. The molecule has 0 saturated heterocycles. The summed E-state index contributed by atoms with van der Waals surface area (Å²) in [6.45, 7) is 6.82. The zero-order valence-corrected chi connectivity index (χ0v) is 10.9. The molecule has 0 amide bonds. The molecule has 0 radical (unpaired) electrons. The summed E-state index contributed by atoms with van der Waals surface area (Å²) >= 11 is 0. The standard InChI is InChI=1S/C14H22O3/c1-4-14(15,5-2)11-17-13-9-7-8-12(10-13)16-6-3/h7-10,15H,4-6,11H2,1-3H3. The number of aliphatic hydroxyl groups is 1. The molecule has 96 valence electrons. The van der Waals surface area contributed by atoms with Gasteiger partial charge in [0.05, 0.1) is 12.2 Å². The predicted molar refractivity (Wildman–Crippen MR) is 68.6 cm³/mol. The van der Waals surface area contributed by atoms with Crippen LogP contribution < -0.4 is 9.47 Å². The van der Waals surface area contributed by atoms with Crippen LogP contribution in [0.25, 0.3) is 0 Å². The Morgan fingerprint density at radius 2 is 1.65 bits per heavy atom. The molecular weight excluding hydrogens is 216 g/mol. The molecule has 0 heterocycles. The quantitative estimate of drug-likeness (QED) is 0.793. The van der Waals surface area contributed by atoms with E-state index in [1.807, 2.05) is 45.0 Å². The smallest absolute Gasteiger partial charge is 0.123 e. The number of ether oxygens (including phenoxy) is 2. The second-order valence-electron chi connectivity index (χ2n) is 4.13. The second-order valence-corrected chi connectivity index (χ2v) is 4.13. The maximum absolute atomic E-state index is 10.1. The van der Waals surface area contributed by atoms with Crippen molar-refractivity contribution in [1.82, 2.24) is 0 Å². The molecule has 3 heteroatoms. The summed E-state index contributed by atoms with van der Waals surface area (Å²) in [5.41, 5.74) is -0.735. The fourth-order valence-corrected chi connectivity index (χ4v) is 1.49. The molecular formula is C14H22O3. The number of hydrogen-bond acceptors (Lipinski definition) is 3. The van der Waals surface area contributed by atoms with Crippen LogP contribution in [0.3, 0.4) is 0 Å². The third-order valence-corrected chi connectivity index (χ3v) is 2.94.